The van der Waals surface area contributed by atoms with Gasteiger partial charge in [-0.25, -0.2) is 0 Å². The van der Waals surface area contributed by atoms with Gasteiger partial charge in [0.15, 0.2) is 0 Å². The Hall–Kier alpha value is -1.79. The highest BCUT2D eigenvalue weighted by Gasteiger charge is 2.18. The number of carbonyl (C=O) groups is 1. The van der Waals surface area contributed by atoms with Crippen molar-refractivity contribution in [1.29, 1.82) is 0 Å². The molecule has 21 heavy (non-hydrogen) atoms. The highest BCUT2D eigenvalue weighted by atomic mass is 35.5. The monoisotopic (exact) mass is 313 g/mol. The number of benzene rings is 1. The van der Waals surface area contributed by atoms with E-state index in [4.69, 9.17) is 27.3 Å². The van der Waals surface area contributed by atoms with E-state index in [1.807, 2.05) is 13.0 Å². The lowest BCUT2D eigenvalue weighted by Gasteiger charge is -2.22. The van der Waals surface area contributed by atoms with E-state index < -0.39 is 0 Å². The van der Waals surface area contributed by atoms with E-state index in [9.17, 15) is 4.79 Å². The molecule has 0 spiro atoms. The van der Waals surface area contributed by atoms with Crippen LogP contribution in [0.15, 0.2) is 23.4 Å². The number of amidine groups is 1. The van der Waals surface area contributed by atoms with Crippen LogP contribution in [0, 0.1) is 6.92 Å². The number of amides is 1. The molecule has 1 rings (SSSR count). The van der Waals surface area contributed by atoms with Gasteiger partial charge < -0.3 is 20.6 Å². The Morgan fingerprint density at radius 3 is 2.76 bits per heavy atom. The minimum atomic E-state index is -0.206. The van der Waals surface area contributed by atoms with Crippen LogP contribution in [0.3, 0.4) is 0 Å². The van der Waals surface area contributed by atoms with Crippen molar-refractivity contribution in [2.75, 3.05) is 26.8 Å². The van der Waals surface area contributed by atoms with Crippen LogP contribution in [0.5, 0.6) is 0 Å². The van der Waals surface area contributed by atoms with Gasteiger partial charge in [0.05, 0.1) is 17.2 Å². The molecule has 3 N–H and O–H groups in total. The van der Waals surface area contributed by atoms with Crippen LogP contribution >= 0.6 is 11.6 Å². The van der Waals surface area contributed by atoms with Crippen molar-refractivity contribution in [2.24, 2.45) is 10.9 Å². The van der Waals surface area contributed by atoms with E-state index in [2.05, 4.69) is 5.16 Å². The van der Waals surface area contributed by atoms with Crippen LogP contribution in [-0.2, 0) is 4.74 Å². The summed E-state index contributed by atoms with van der Waals surface area (Å²) in [6.45, 7) is 3.02. The lowest BCUT2D eigenvalue weighted by Crippen LogP contribution is -2.36. The molecule has 0 radical (unpaired) electrons. The summed E-state index contributed by atoms with van der Waals surface area (Å²) in [7, 11) is 1.56. The Kier molecular flexibility index (Phi) is 6.98. The van der Waals surface area contributed by atoms with Crippen LogP contribution in [0.25, 0.3) is 0 Å². The number of oxime groups is 1. The topological polar surface area (TPSA) is 88.2 Å². The van der Waals surface area contributed by atoms with E-state index in [-0.39, 0.29) is 18.2 Å². The molecule has 6 nitrogen and oxygen atoms in total. The van der Waals surface area contributed by atoms with Crippen molar-refractivity contribution >= 4 is 23.3 Å². The van der Waals surface area contributed by atoms with Crippen molar-refractivity contribution < 1.29 is 14.7 Å². The van der Waals surface area contributed by atoms with Gasteiger partial charge in [0.25, 0.3) is 5.91 Å². The standard InChI is InChI=1S/C14H20ClN3O3/c1-10-3-4-11(12(15)9-10)14(19)18(7-8-21-2)6-5-13(16)17-20/h3-4,9,20H,5-8H2,1-2H3,(H2,16,17). The molecule has 0 saturated carbocycles. The molecule has 1 aromatic carbocycles. The number of halogens is 1. The van der Waals surface area contributed by atoms with E-state index in [0.717, 1.165) is 5.56 Å². The number of nitrogens with zero attached hydrogens (tertiary/aromatic N) is 2. The molecular weight excluding hydrogens is 294 g/mol. The van der Waals surface area contributed by atoms with E-state index in [1.54, 1.807) is 24.1 Å². The maximum Gasteiger partial charge on any atom is 0.255 e. The third-order valence-electron chi connectivity index (χ3n) is 2.97. The van der Waals surface area contributed by atoms with E-state index in [1.165, 1.54) is 0 Å². The predicted molar refractivity (Wildman–Crippen MR) is 82.0 cm³/mol. The maximum atomic E-state index is 12.5. The second-order valence-electron chi connectivity index (χ2n) is 4.61. The van der Waals surface area contributed by atoms with Gasteiger partial charge in [0.1, 0.15) is 5.84 Å². The number of nitrogens with two attached hydrogens (primary N) is 1. The van der Waals surface area contributed by atoms with E-state index >= 15 is 0 Å². The highest BCUT2D eigenvalue weighted by Crippen LogP contribution is 2.19. The summed E-state index contributed by atoms with van der Waals surface area (Å²) >= 11 is 6.13. The normalized spacial score (nSPS) is 11.5. The van der Waals surface area contributed by atoms with Gasteiger partial charge in [0, 0.05) is 26.6 Å². The number of ether oxygens (including phenoxy) is 1. The molecule has 1 amide bonds. The number of carbonyl (C=O) groups excluding carboxylic acids is 1. The van der Waals surface area contributed by atoms with Gasteiger partial charge in [-0.1, -0.05) is 22.8 Å². The molecule has 0 atom stereocenters. The number of hydrogen-bond donors (Lipinski definition) is 2. The molecule has 0 aliphatic carbocycles. The van der Waals surface area contributed by atoms with Gasteiger partial charge in [-0.2, -0.15) is 0 Å². The van der Waals surface area contributed by atoms with Gasteiger partial charge in [-0.3, -0.25) is 4.79 Å². The summed E-state index contributed by atoms with van der Waals surface area (Å²) in [5, 5.41) is 11.9. The Bertz CT molecular complexity index is 520. The minimum absolute atomic E-state index is 0.0696. The third kappa shape index (κ3) is 5.24. The van der Waals surface area contributed by atoms with Gasteiger partial charge in [-0.05, 0) is 24.6 Å². The molecule has 7 heteroatoms. The lowest BCUT2D eigenvalue weighted by molar-refractivity contribution is 0.0700. The number of rotatable bonds is 7. The maximum absolute atomic E-state index is 12.5. The average Bonchev–Trinajstić information content (AvgIpc) is 2.46. The Morgan fingerprint density at radius 2 is 2.19 bits per heavy atom. The first-order valence-electron chi connectivity index (χ1n) is 6.50. The number of hydrogen-bond acceptors (Lipinski definition) is 4. The fourth-order valence-electron chi connectivity index (χ4n) is 1.78. The molecule has 0 aliphatic heterocycles. The van der Waals surface area contributed by atoms with Crippen LogP contribution in [0.1, 0.15) is 22.3 Å². The second-order valence-corrected chi connectivity index (χ2v) is 5.02. The molecule has 0 fully saturated rings. The van der Waals surface area contributed by atoms with Crippen molar-refractivity contribution in [1.82, 2.24) is 4.90 Å². The first-order chi connectivity index (χ1) is 9.99. The summed E-state index contributed by atoms with van der Waals surface area (Å²) in [6, 6.07) is 5.27. The molecular formula is C14H20ClN3O3. The smallest absolute Gasteiger partial charge is 0.255 e. The lowest BCUT2D eigenvalue weighted by atomic mass is 10.1. The van der Waals surface area contributed by atoms with Crippen LogP contribution in [0.4, 0.5) is 0 Å². The average molecular weight is 314 g/mol. The summed E-state index contributed by atoms with van der Waals surface area (Å²) in [5.74, 6) is -0.136. The van der Waals surface area contributed by atoms with E-state index in [0.29, 0.717) is 30.3 Å². The first kappa shape index (κ1) is 17.3. The number of aryl methyl sites for hydroxylation is 1. The second kappa shape index (κ2) is 8.49. The Balaban J connectivity index is 2.87. The van der Waals surface area contributed by atoms with Gasteiger partial charge in [0.2, 0.25) is 0 Å². The molecule has 1 aromatic rings. The molecule has 0 aromatic heterocycles. The molecule has 0 saturated heterocycles. The molecule has 0 unspecified atom stereocenters. The molecule has 0 heterocycles. The zero-order valence-electron chi connectivity index (χ0n) is 12.2. The van der Waals surface area contributed by atoms with Crippen molar-refractivity contribution in [3.8, 4) is 0 Å². The van der Waals surface area contributed by atoms with Crippen LogP contribution in [-0.4, -0.2) is 48.7 Å². The predicted octanol–water partition coefficient (Wildman–Crippen LogP) is 1.87. The fraction of sp³-hybridized carbons (Fsp3) is 0.429. The van der Waals surface area contributed by atoms with Crippen LogP contribution < -0.4 is 5.73 Å². The highest BCUT2D eigenvalue weighted by molar-refractivity contribution is 6.33. The summed E-state index contributed by atoms with van der Waals surface area (Å²) < 4.78 is 5.00. The number of methoxy groups -OCH3 is 1. The van der Waals surface area contributed by atoms with Crippen LogP contribution in [0.2, 0.25) is 5.02 Å². The molecule has 0 aliphatic rings. The molecule has 116 valence electrons. The summed E-state index contributed by atoms with van der Waals surface area (Å²) in [6.07, 6.45) is 0.273. The zero-order valence-corrected chi connectivity index (χ0v) is 12.9. The summed E-state index contributed by atoms with van der Waals surface area (Å²) in [4.78, 5) is 14.1. The molecule has 0 bridgehead atoms. The summed E-state index contributed by atoms with van der Waals surface area (Å²) in [5.41, 5.74) is 6.85. The van der Waals surface area contributed by atoms with Crippen molar-refractivity contribution in [3.05, 3.63) is 34.3 Å². The first-order valence-corrected chi connectivity index (χ1v) is 6.88. The van der Waals surface area contributed by atoms with Gasteiger partial charge >= 0.3 is 0 Å². The fourth-order valence-corrected chi connectivity index (χ4v) is 2.10. The quantitative estimate of drug-likeness (QED) is 0.348. The minimum Gasteiger partial charge on any atom is -0.409 e. The third-order valence-corrected chi connectivity index (χ3v) is 3.29. The Labute approximate surface area is 129 Å². The largest absolute Gasteiger partial charge is 0.409 e. The zero-order chi connectivity index (χ0) is 15.8. The van der Waals surface area contributed by atoms with Gasteiger partial charge in [-0.15, -0.1) is 0 Å². The van der Waals surface area contributed by atoms with Crippen molar-refractivity contribution in [3.63, 3.8) is 0 Å². The van der Waals surface area contributed by atoms with Crippen molar-refractivity contribution in [2.45, 2.75) is 13.3 Å². The SMILES string of the molecule is COCCN(CC/C(N)=N/O)C(=O)c1ccc(C)cc1Cl. The Morgan fingerprint density at radius 1 is 1.48 bits per heavy atom.